The fraction of sp³-hybridized carbons (Fsp3) is 0.231. The summed E-state index contributed by atoms with van der Waals surface area (Å²) in [7, 11) is 0. The molecule has 0 spiro atoms. The number of benzene rings is 1. The summed E-state index contributed by atoms with van der Waals surface area (Å²) in [5.74, 6) is 0. The van der Waals surface area contributed by atoms with Crippen molar-refractivity contribution in [2.45, 2.75) is 20.8 Å². The Balaban J connectivity index is 2.58. The van der Waals surface area contributed by atoms with Crippen LogP contribution in [0.5, 0.6) is 0 Å². The molecule has 1 aromatic carbocycles. The van der Waals surface area contributed by atoms with E-state index >= 15 is 0 Å². The molecule has 0 aliphatic rings. The maximum absolute atomic E-state index is 8.81. The van der Waals surface area contributed by atoms with E-state index in [0.717, 1.165) is 22.6 Å². The van der Waals surface area contributed by atoms with Gasteiger partial charge in [-0.1, -0.05) is 0 Å². The lowest BCUT2D eigenvalue weighted by atomic mass is 10.1. The molecule has 3 nitrogen and oxygen atoms in total. The number of aryl methyl sites for hydroxylation is 2. The van der Waals surface area contributed by atoms with Crippen LogP contribution in [0, 0.1) is 32.1 Å². The van der Waals surface area contributed by atoms with Gasteiger partial charge < -0.3 is 4.57 Å². The second-order valence-electron chi connectivity index (χ2n) is 3.90. The van der Waals surface area contributed by atoms with Crippen LogP contribution in [-0.2, 0) is 0 Å². The van der Waals surface area contributed by atoms with Gasteiger partial charge in [-0.2, -0.15) is 5.26 Å². The van der Waals surface area contributed by atoms with Crippen molar-refractivity contribution in [3.8, 4) is 11.8 Å². The summed E-state index contributed by atoms with van der Waals surface area (Å²) in [4.78, 5) is 4.27. The minimum atomic E-state index is 0.691. The molecule has 0 N–H and O–H groups in total. The second kappa shape index (κ2) is 3.82. The van der Waals surface area contributed by atoms with Crippen molar-refractivity contribution < 1.29 is 0 Å². The van der Waals surface area contributed by atoms with Gasteiger partial charge in [0.1, 0.15) is 0 Å². The molecule has 16 heavy (non-hydrogen) atoms. The van der Waals surface area contributed by atoms with Gasteiger partial charge in [0.05, 0.1) is 23.7 Å². The van der Waals surface area contributed by atoms with Gasteiger partial charge in [0.15, 0.2) is 0 Å². The average Bonchev–Trinajstić information content (AvgIpc) is 2.60. The van der Waals surface area contributed by atoms with Crippen LogP contribution >= 0.6 is 0 Å². The van der Waals surface area contributed by atoms with Crippen molar-refractivity contribution >= 4 is 0 Å². The van der Waals surface area contributed by atoms with Crippen LogP contribution < -0.4 is 0 Å². The zero-order valence-corrected chi connectivity index (χ0v) is 9.65. The van der Waals surface area contributed by atoms with Gasteiger partial charge in [-0.25, -0.2) is 4.98 Å². The van der Waals surface area contributed by atoms with Crippen molar-refractivity contribution in [2.24, 2.45) is 0 Å². The number of nitrogens with zero attached hydrogens (tertiary/aromatic N) is 3. The van der Waals surface area contributed by atoms with Crippen LogP contribution in [0.15, 0.2) is 24.5 Å². The summed E-state index contributed by atoms with van der Waals surface area (Å²) in [5, 5.41) is 8.81. The van der Waals surface area contributed by atoms with E-state index in [4.69, 9.17) is 5.26 Å². The fourth-order valence-electron chi connectivity index (χ4n) is 1.74. The van der Waals surface area contributed by atoms with Crippen LogP contribution in [0.1, 0.15) is 22.5 Å². The van der Waals surface area contributed by atoms with E-state index in [1.807, 2.05) is 49.9 Å². The number of rotatable bonds is 1. The van der Waals surface area contributed by atoms with Gasteiger partial charge >= 0.3 is 0 Å². The van der Waals surface area contributed by atoms with Crippen LogP contribution in [-0.4, -0.2) is 9.55 Å². The summed E-state index contributed by atoms with van der Waals surface area (Å²) in [5.41, 5.74) is 5.02. The summed E-state index contributed by atoms with van der Waals surface area (Å²) in [6.07, 6.45) is 1.82. The molecule has 1 heterocycles. The Kier molecular flexibility index (Phi) is 2.49. The molecule has 1 aromatic heterocycles. The molecule has 0 fully saturated rings. The van der Waals surface area contributed by atoms with Crippen LogP contribution in [0.25, 0.3) is 5.69 Å². The van der Waals surface area contributed by atoms with E-state index in [9.17, 15) is 0 Å². The normalized spacial score (nSPS) is 10.1. The smallest absolute Gasteiger partial charge is 0.0997 e. The Morgan fingerprint density at radius 1 is 1.25 bits per heavy atom. The molecule has 2 rings (SSSR count). The van der Waals surface area contributed by atoms with Crippen molar-refractivity contribution in [1.82, 2.24) is 9.55 Å². The lowest BCUT2D eigenvalue weighted by molar-refractivity contribution is 0.987. The van der Waals surface area contributed by atoms with Crippen molar-refractivity contribution in [2.75, 3.05) is 0 Å². The van der Waals surface area contributed by atoms with Gasteiger partial charge in [-0.05, 0) is 44.5 Å². The fourth-order valence-corrected chi connectivity index (χ4v) is 1.74. The summed E-state index contributed by atoms with van der Waals surface area (Å²) in [6.45, 7) is 6.04. The topological polar surface area (TPSA) is 41.6 Å². The minimum Gasteiger partial charge on any atom is -0.303 e. The van der Waals surface area contributed by atoms with Gasteiger partial charge in [-0.3, -0.25) is 0 Å². The highest BCUT2D eigenvalue weighted by Gasteiger charge is 2.07. The standard InChI is InChI=1S/C13H13N3/c1-9-6-12(7-14)4-5-13(9)16-8-15-10(2)11(16)3/h4-6,8H,1-3H3. The molecule has 0 atom stereocenters. The molecule has 0 saturated heterocycles. The minimum absolute atomic E-state index is 0.691. The van der Waals surface area contributed by atoms with Gasteiger partial charge in [0, 0.05) is 11.4 Å². The molecular formula is C13H13N3. The first-order chi connectivity index (χ1) is 7.63. The first kappa shape index (κ1) is 10.4. The maximum Gasteiger partial charge on any atom is 0.0997 e. The predicted molar refractivity (Wildman–Crippen MR) is 62.5 cm³/mol. The highest BCUT2D eigenvalue weighted by atomic mass is 15.1. The number of hydrogen-bond acceptors (Lipinski definition) is 2. The molecule has 0 aliphatic carbocycles. The van der Waals surface area contributed by atoms with E-state index in [0.29, 0.717) is 5.56 Å². The summed E-state index contributed by atoms with van der Waals surface area (Å²) < 4.78 is 2.05. The quantitative estimate of drug-likeness (QED) is 0.727. The first-order valence-corrected chi connectivity index (χ1v) is 5.15. The average molecular weight is 211 g/mol. The van der Waals surface area contributed by atoms with E-state index in [-0.39, 0.29) is 0 Å². The Hall–Kier alpha value is -2.08. The molecule has 0 aliphatic heterocycles. The zero-order chi connectivity index (χ0) is 11.7. The lowest BCUT2D eigenvalue weighted by Gasteiger charge is -2.09. The van der Waals surface area contributed by atoms with Gasteiger partial charge in [0.2, 0.25) is 0 Å². The third kappa shape index (κ3) is 1.59. The molecule has 0 radical (unpaired) electrons. The van der Waals surface area contributed by atoms with E-state index in [1.54, 1.807) is 0 Å². The number of aromatic nitrogens is 2. The summed E-state index contributed by atoms with van der Waals surface area (Å²) in [6, 6.07) is 7.83. The Labute approximate surface area is 95.0 Å². The summed E-state index contributed by atoms with van der Waals surface area (Å²) >= 11 is 0. The molecule has 2 aromatic rings. The molecule has 3 heteroatoms. The Bertz CT molecular complexity index is 573. The third-order valence-corrected chi connectivity index (χ3v) is 2.84. The molecular weight excluding hydrogens is 198 g/mol. The van der Waals surface area contributed by atoms with Crippen LogP contribution in [0.4, 0.5) is 0 Å². The second-order valence-corrected chi connectivity index (χ2v) is 3.90. The number of nitriles is 1. The Morgan fingerprint density at radius 3 is 2.50 bits per heavy atom. The van der Waals surface area contributed by atoms with E-state index < -0.39 is 0 Å². The highest BCUT2D eigenvalue weighted by Crippen LogP contribution is 2.18. The first-order valence-electron chi connectivity index (χ1n) is 5.15. The molecule has 0 bridgehead atoms. The monoisotopic (exact) mass is 211 g/mol. The van der Waals surface area contributed by atoms with Crippen LogP contribution in [0.2, 0.25) is 0 Å². The Morgan fingerprint density at radius 2 is 2.00 bits per heavy atom. The predicted octanol–water partition coefficient (Wildman–Crippen LogP) is 2.67. The number of imidazole rings is 1. The van der Waals surface area contributed by atoms with Gasteiger partial charge in [0.25, 0.3) is 0 Å². The lowest BCUT2D eigenvalue weighted by Crippen LogP contribution is -1.98. The SMILES string of the molecule is Cc1cc(C#N)ccc1-n1cnc(C)c1C. The van der Waals surface area contributed by atoms with E-state index in [1.165, 1.54) is 0 Å². The highest BCUT2D eigenvalue weighted by molar-refractivity contribution is 5.47. The van der Waals surface area contributed by atoms with Crippen LogP contribution in [0.3, 0.4) is 0 Å². The molecule has 0 unspecified atom stereocenters. The van der Waals surface area contributed by atoms with Gasteiger partial charge in [-0.15, -0.1) is 0 Å². The number of hydrogen-bond donors (Lipinski definition) is 0. The molecule has 0 amide bonds. The zero-order valence-electron chi connectivity index (χ0n) is 9.65. The maximum atomic E-state index is 8.81. The largest absolute Gasteiger partial charge is 0.303 e. The third-order valence-electron chi connectivity index (χ3n) is 2.84. The van der Waals surface area contributed by atoms with Crippen molar-refractivity contribution in [3.05, 3.63) is 47.0 Å². The van der Waals surface area contributed by atoms with Crippen molar-refractivity contribution in [3.63, 3.8) is 0 Å². The molecule has 80 valence electrons. The van der Waals surface area contributed by atoms with E-state index in [2.05, 4.69) is 11.1 Å². The molecule has 0 saturated carbocycles. The van der Waals surface area contributed by atoms with Crippen molar-refractivity contribution in [1.29, 1.82) is 5.26 Å².